The number of fused-ring (bicyclic) bond motifs is 1. The molecule has 0 radical (unpaired) electrons. The number of tetrazole rings is 1. The van der Waals surface area contributed by atoms with Crippen LogP contribution in [-0.4, -0.2) is 25.7 Å². The number of hydrogen-bond donors (Lipinski definition) is 3. The number of phenols is 1. The fourth-order valence-electron chi connectivity index (χ4n) is 2.41. The summed E-state index contributed by atoms with van der Waals surface area (Å²) in [4.78, 5) is 0. The van der Waals surface area contributed by atoms with Crippen molar-refractivity contribution in [2.75, 3.05) is 5.32 Å². The van der Waals surface area contributed by atoms with Gasteiger partial charge in [-0.2, -0.15) is 5.21 Å². The van der Waals surface area contributed by atoms with Crippen molar-refractivity contribution >= 4 is 16.7 Å². The van der Waals surface area contributed by atoms with Crippen molar-refractivity contribution in [3.05, 3.63) is 53.8 Å². The Morgan fingerprint density at radius 1 is 1.17 bits per heavy atom. The van der Waals surface area contributed by atoms with Gasteiger partial charge in [0.15, 0.2) is 5.76 Å². The Bertz CT molecular complexity index is 997. The van der Waals surface area contributed by atoms with Gasteiger partial charge in [0.1, 0.15) is 17.1 Å². The topological polar surface area (TPSA) is 99.9 Å². The third-order valence-corrected chi connectivity index (χ3v) is 3.59. The number of furan rings is 1. The van der Waals surface area contributed by atoms with E-state index >= 15 is 0 Å². The predicted octanol–water partition coefficient (Wildman–Crippen LogP) is 3.07. The van der Waals surface area contributed by atoms with E-state index in [1.807, 2.05) is 24.3 Å². The van der Waals surface area contributed by atoms with Gasteiger partial charge in [0.05, 0.1) is 5.69 Å². The molecule has 2 aromatic heterocycles. The molecule has 7 nitrogen and oxygen atoms in total. The minimum atomic E-state index is -0.506. The molecule has 0 spiro atoms. The lowest BCUT2D eigenvalue weighted by atomic mass is 10.1. The SMILES string of the molecule is Oc1ccc(NCc2ccc3cc(-c4nn[nH]n4)oc3c2)c(F)c1. The molecule has 4 aromatic rings. The van der Waals surface area contributed by atoms with Gasteiger partial charge in [0.2, 0.25) is 5.82 Å². The highest BCUT2D eigenvalue weighted by molar-refractivity contribution is 5.82. The van der Waals surface area contributed by atoms with Gasteiger partial charge in [-0.05, 0) is 35.0 Å². The maximum absolute atomic E-state index is 13.7. The molecule has 0 fully saturated rings. The lowest BCUT2D eigenvalue weighted by molar-refractivity contribution is 0.469. The standard InChI is InChI=1S/C16H12FN5O2/c17-12-7-11(23)3-4-13(12)18-8-9-1-2-10-6-15(24-14(10)5-9)16-19-21-22-20-16/h1-7,18,23H,8H2,(H,19,20,21,22). The van der Waals surface area contributed by atoms with Crippen molar-refractivity contribution in [2.24, 2.45) is 0 Å². The Labute approximate surface area is 135 Å². The summed E-state index contributed by atoms with van der Waals surface area (Å²) < 4.78 is 19.4. The molecular weight excluding hydrogens is 313 g/mol. The number of aromatic amines is 1. The minimum absolute atomic E-state index is 0.107. The molecule has 0 aliphatic carbocycles. The van der Waals surface area contributed by atoms with Gasteiger partial charge in [-0.15, -0.1) is 10.2 Å². The second-order valence-corrected chi connectivity index (χ2v) is 5.24. The van der Waals surface area contributed by atoms with Crippen molar-refractivity contribution in [3.8, 4) is 17.3 Å². The van der Waals surface area contributed by atoms with E-state index in [4.69, 9.17) is 4.42 Å². The molecule has 0 saturated carbocycles. The van der Waals surface area contributed by atoms with Crippen LogP contribution in [0.3, 0.4) is 0 Å². The molecule has 2 heterocycles. The predicted molar refractivity (Wildman–Crippen MR) is 84.8 cm³/mol. The van der Waals surface area contributed by atoms with Gasteiger partial charge in [-0.25, -0.2) is 4.39 Å². The highest BCUT2D eigenvalue weighted by Gasteiger charge is 2.10. The zero-order chi connectivity index (χ0) is 16.5. The van der Waals surface area contributed by atoms with Crippen molar-refractivity contribution in [3.63, 3.8) is 0 Å². The second-order valence-electron chi connectivity index (χ2n) is 5.24. The Morgan fingerprint density at radius 3 is 2.88 bits per heavy atom. The van der Waals surface area contributed by atoms with Crippen LogP contribution in [0.5, 0.6) is 5.75 Å². The molecule has 120 valence electrons. The van der Waals surface area contributed by atoms with Gasteiger partial charge < -0.3 is 14.8 Å². The molecule has 24 heavy (non-hydrogen) atoms. The summed E-state index contributed by atoms with van der Waals surface area (Å²) in [5, 5.41) is 26.8. The van der Waals surface area contributed by atoms with Gasteiger partial charge >= 0.3 is 0 Å². The van der Waals surface area contributed by atoms with E-state index in [0.29, 0.717) is 29.4 Å². The first-order valence-corrected chi connectivity index (χ1v) is 7.18. The molecule has 0 aliphatic heterocycles. The number of hydrogen-bond acceptors (Lipinski definition) is 6. The molecule has 3 N–H and O–H groups in total. The third-order valence-electron chi connectivity index (χ3n) is 3.59. The Balaban J connectivity index is 1.56. The number of aromatic nitrogens is 4. The first-order valence-electron chi connectivity index (χ1n) is 7.18. The van der Waals surface area contributed by atoms with Gasteiger partial charge in [0, 0.05) is 18.0 Å². The molecule has 4 rings (SSSR count). The quantitative estimate of drug-likeness (QED) is 0.499. The number of benzene rings is 2. The van der Waals surface area contributed by atoms with Crippen LogP contribution in [0.15, 0.2) is 46.9 Å². The van der Waals surface area contributed by atoms with E-state index in [9.17, 15) is 9.50 Å². The Hall–Kier alpha value is -3.42. The van der Waals surface area contributed by atoms with E-state index in [1.54, 1.807) is 0 Å². The summed E-state index contributed by atoms with van der Waals surface area (Å²) in [5.41, 5.74) is 1.92. The van der Waals surface area contributed by atoms with Crippen molar-refractivity contribution < 1.29 is 13.9 Å². The van der Waals surface area contributed by atoms with Crippen molar-refractivity contribution in [1.29, 1.82) is 0 Å². The number of nitrogens with zero attached hydrogens (tertiary/aromatic N) is 3. The highest BCUT2D eigenvalue weighted by atomic mass is 19.1. The summed E-state index contributed by atoms with van der Waals surface area (Å²) in [6.45, 7) is 0.413. The van der Waals surface area contributed by atoms with Gasteiger partial charge in [-0.3, -0.25) is 0 Å². The normalized spacial score (nSPS) is 11.0. The van der Waals surface area contributed by atoms with Crippen molar-refractivity contribution in [2.45, 2.75) is 6.54 Å². The largest absolute Gasteiger partial charge is 0.508 e. The first-order chi connectivity index (χ1) is 11.7. The molecular formula is C16H12FN5O2. The molecule has 0 aliphatic rings. The van der Waals surface area contributed by atoms with Crippen LogP contribution >= 0.6 is 0 Å². The number of rotatable bonds is 4. The Kier molecular flexibility index (Phi) is 3.34. The Morgan fingerprint density at radius 2 is 2.08 bits per heavy atom. The minimum Gasteiger partial charge on any atom is -0.508 e. The smallest absolute Gasteiger partial charge is 0.239 e. The van der Waals surface area contributed by atoms with Gasteiger partial charge in [-0.1, -0.05) is 12.1 Å². The first kappa shape index (κ1) is 14.2. The number of anilines is 1. The van der Waals surface area contributed by atoms with Crippen LogP contribution in [0.1, 0.15) is 5.56 Å². The molecule has 0 saturated heterocycles. The summed E-state index contributed by atoms with van der Waals surface area (Å²) in [7, 11) is 0. The second kappa shape index (κ2) is 5.65. The number of aromatic hydroxyl groups is 1. The van der Waals surface area contributed by atoms with E-state index in [0.717, 1.165) is 17.0 Å². The van der Waals surface area contributed by atoms with E-state index in [2.05, 4.69) is 25.9 Å². The average molecular weight is 325 g/mol. The van der Waals surface area contributed by atoms with Crippen molar-refractivity contribution in [1.82, 2.24) is 20.6 Å². The fourth-order valence-corrected chi connectivity index (χ4v) is 2.41. The summed E-state index contributed by atoms with van der Waals surface area (Å²) in [6, 6.07) is 11.5. The van der Waals surface area contributed by atoms with Crippen LogP contribution in [-0.2, 0) is 6.54 Å². The van der Waals surface area contributed by atoms with Crippen LogP contribution in [0, 0.1) is 5.82 Å². The van der Waals surface area contributed by atoms with Crippen LogP contribution < -0.4 is 5.32 Å². The lowest BCUT2D eigenvalue weighted by Crippen LogP contribution is -2.01. The molecule has 0 amide bonds. The monoisotopic (exact) mass is 325 g/mol. The van der Waals surface area contributed by atoms with Crippen LogP contribution in [0.2, 0.25) is 0 Å². The fraction of sp³-hybridized carbons (Fsp3) is 0.0625. The molecule has 2 aromatic carbocycles. The van der Waals surface area contributed by atoms with Gasteiger partial charge in [0.25, 0.3) is 0 Å². The molecule has 0 atom stereocenters. The number of H-pyrrole nitrogens is 1. The van der Waals surface area contributed by atoms with E-state index in [1.165, 1.54) is 12.1 Å². The number of phenolic OH excluding ortho intramolecular Hbond substituents is 1. The summed E-state index contributed by atoms with van der Waals surface area (Å²) >= 11 is 0. The average Bonchev–Trinajstić information content (AvgIpc) is 3.22. The lowest BCUT2D eigenvalue weighted by Gasteiger charge is -2.08. The number of halogens is 1. The van der Waals surface area contributed by atoms with Crippen LogP contribution in [0.4, 0.5) is 10.1 Å². The third kappa shape index (κ3) is 2.65. The van der Waals surface area contributed by atoms with E-state index in [-0.39, 0.29) is 5.75 Å². The maximum atomic E-state index is 13.7. The highest BCUT2D eigenvalue weighted by Crippen LogP contribution is 2.26. The molecule has 0 unspecified atom stereocenters. The molecule has 8 heteroatoms. The van der Waals surface area contributed by atoms with E-state index < -0.39 is 5.82 Å². The molecule has 0 bridgehead atoms. The van der Waals surface area contributed by atoms with Crippen LogP contribution in [0.25, 0.3) is 22.6 Å². The maximum Gasteiger partial charge on any atom is 0.239 e. The zero-order valence-corrected chi connectivity index (χ0v) is 12.3. The summed E-state index contributed by atoms with van der Waals surface area (Å²) in [6.07, 6.45) is 0. The number of nitrogens with one attached hydrogen (secondary N) is 2. The zero-order valence-electron chi connectivity index (χ0n) is 12.3. The summed E-state index contributed by atoms with van der Waals surface area (Å²) in [5.74, 6) is 0.294.